The summed E-state index contributed by atoms with van der Waals surface area (Å²) in [6.07, 6.45) is 2.34. The summed E-state index contributed by atoms with van der Waals surface area (Å²) >= 11 is 0. The van der Waals surface area contributed by atoms with Gasteiger partial charge in [-0.05, 0) is 30.5 Å². The lowest BCUT2D eigenvalue weighted by Gasteiger charge is -2.05. The lowest BCUT2D eigenvalue weighted by Crippen LogP contribution is -1.88. The molecule has 0 amide bonds. The van der Waals surface area contributed by atoms with Crippen LogP contribution in [0, 0.1) is 6.92 Å². The fourth-order valence-electron chi connectivity index (χ4n) is 1.16. The molecule has 0 aliphatic heterocycles. The molecule has 14 heavy (non-hydrogen) atoms. The quantitative estimate of drug-likeness (QED) is 0.692. The average Bonchev–Trinajstić information content (AvgIpc) is 2.19. The van der Waals surface area contributed by atoms with Crippen LogP contribution >= 0.6 is 0 Å². The van der Waals surface area contributed by atoms with Gasteiger partial charge < -0.3 is 4.74 Å². The van der Waals surface area contributed by atoms with Gasteiger partial charge in [0.15, 0.2) is 0 Å². The Kier molecular flexibility index (Phi) is 6.91. The van der Waals surface area contributed by atoms with Crippen molar-refractivity contribution in [1.82, 2.24) is 0 Å². The number of benzene rings is 1. The first-order chi connectivity index (χ1) is 6.69. The first kappa shape index (κ1) is 13.0. The molecule has 0 atom stereocenters. The summed E-state index contributed by atoms with van der Waals surface area (Å²) in [4.78, 5) is 0. The Morgan fingerprint density at radius 1 is 1.14 bits per heavy atom. The standard InChI is InChI=1S/C10H14O.C3H8/c1-4-9-5-6-10(11-3)8(2)7-9;1-3-2/h5-7H,4H2,1-3H3;3H2,1-2H3. The highest BCUT2D eigenvalue weighted by atomic mass is 16.5. The molecule has 0 aromatic heterocycles. The molecular weight excluding hydrogens is 172 g/mol. The zero-order valence-corrected chi connectivity index (χ0v) is 10.1. The second-order valence-corrected chi connectivity index (χ2v) is 3.36. The zero-order chi connectivity index (χ0) is 11.0. The lowest BCUT2D eigenvalue weighted by molar-refractivity contribution is 0.411. The Bertz CT molecular complexity index is 253. The van der Waals surface area contributed by atoms with Crippen molar-refractivity contribution in [3.8, 4) is 5.75 Å². The maximum Gasteiger partial charge on any atom is 0.121 e. The minimum atomic E-state index is 0.974. The van der Waals surface area contributed by atoms with E-state index in [1.807, 2.05) is 6.07 Å². The van der Waals surface area contributed by atoms with Crippen LogP contribution in [0.25, 0.3) is 0 Å². The SMILES string of the molecule is CCC.CCc1ccc(OC)c(C)c1. The summed E-state index contributed by atoms with van der Waals surface area (Å²) in [5.74, 6) is 0.974. The number of aryl methyl sites for hydroxylation is 2. The van der Waals surface area contributed by atoms with Gasteiger partial charge in [0.1, 0.15) is 5.75 Å². The van der Waals surface area contributed by atoms with E-state index in [4.69, 9.17) is 4.74 Å². The molecule has 0 bridgehead atoms. The van der Waals surface area contributed by atoms with Crippen molar-refractivity contribution in [2.75, 3.05) is 7.11 Å². The van der Waals surface area contributed by atoms with Gasteiger partial charge in [0, 0.05) is 0 Å². The molecule has 1 aromatic carbocycles. The van der Waals surface area contributed by atoms with Crippen molar-refractivity contribution in [3.05, 3.63) is 29.3 Å². The molecule has 1 heteroatoms. The maximum absolute atomic E-state index is 5.14. The van der Waals surface area contributed by atoms with Gasteiger partial charge in [-0.1, -0.05) is 39.3 Å². The van der Waals surface area contributed by atoms with E-state index in [0.717, 1.165) is 12.2 Å². The van der Waals surface area contributed by atoms with E-state index >= 15 is 0 Å². The Labute approximate surface area is 88.1 Å². The third-order valence-electron chi connectivity index (χ3n) is 1.87. The second-order valence-electron chi connectivity index (χ2n) is 3.36. The zero-order valence-electron chi connectivity index (χ0n) is 10.1. The first-order valence-electron chi connectivity index (χ1n) is 5.33. The van der Waals surface area contributed by atoms with Crippen LogP contribution in [-0.2, 0) is 6.42 Å². The van der Waals surface area contributed by atoms with Crippen molar-refractivity contribution in [3.63, 3.8) is 0 Å². The maximum atomic E-state index is 5.14. The van der Waals surface area contributed by atoms with Gasteiger partial charge in [-0.3, -0.25) is 0 Å². The Morgan fingerprint density at radius 3 is 2.07 bits per heavy atom. The van der Waals surface area contributed by atoms with Gasteiger partial charge in [0.2, 0.25) is 0 Å². The summed E-state index contributed by atoms with van der Waals surface area (Å²) in [5.41, 5.74) is 2.58. The first-order valence-corrected chi connectivity index (χ1v) is 5.33. The van der Waals surface area contributed by atoms with E-state index in [0.29, 0.717) is 0 Å². The molecule has 1 nitrogen and oxygen atoms in total. The fourth-order valence-corrected chi connectivity index (χ4v) is 1.16. The summed E-state index contributed by atoms with van der Waals surface area (Å²) in [7, 11) is 1.70. The highest BCUT2D eigenvalue weighted by molar-refractivity contribution is 5.35. The molecule has 0 saturated carbocycles. The summed E-state index contributed by atoms with van der Waals surface area (Å²) in [5, 5.41) is 0. The van der Waals surface area contributed by atoms with E-state index in [9.17, 15) is 0 Å². The van der Waals surface area contributed by atoms with Crippen molar-refractivity contribution in [1.29, 1.82) is 0 Å². The van der Waals surface area contributed by atoms with Crippen molar-refractivity contribution < 1.29 is 4.74 Å². The van der Waals surface area contributed by atoms with Gasteiger partial charge in [-0.2, -0.15) is 0 Å². The molecule has 0 fully saturated rings. The van der Waals surface area contributed by atoms with Crippen LogP contribution in [0.4, 0.5) is 0 Å². The highest BCUT2D eigenvalue weighted by Crippen LogP contribution is 2.18. The van der Waals surface area contributed by atoms with Crippen LogP contribution in [0.15, 0.2) is 18.2 Å². The molecule has 1 aromatic rings. The monoisotopic (exact) mass is 194 g/mol. The van der Waals surface area contributed by atoms with Crippen LogP contribution < -0.4 is 4.74 Å². The number of hydrogen-bond donors (Lipinski definition) is 0. The molecule has 0 aliphatic rings. The molecule has 0 saturated heterocycles. The highest BCUT2D eigenvalue weighted by Gasteiger charge is 1.96. The summed E-state index contributed by atoms with van der Waals surface area (Å²) < 4.78 is 5.14. The third kappa shape index (κ3) is 4.31. The fraction of sp³-hybridized carbons (Fsp3) is 0.538. The molecule has 0 heterocycles. The van der Waals surface area contributed by atoms with Gasteiger partial charge >= 0.3 is 0 Å². The van der Waals surface area contributed by atoms with Crippen LogP contribution in [0.2, 0.25) is 0 Å². The van der Waals surface area contributed by atoms with Gasteiger partial charge in [-0.15, -0.1) is 0 Å². The average molecular weight is 194 g/mol. The molecule has 80 valence electrons. The van der Waals surface area contributed by atoms with E-state index in [1.165, 1.54) is 17.5 Å². The van der Waals surface area contributed by atoms with Crippen LogP contribution in [0.3, 0.4) is 0 Å². The normalized spacial score (nSPS) is 8.93. The second kappa shape index (κ2) is 7.43. The van der Waals surface area contributed by atoms with E-state index in [2.05, 4.69) is 39.8 Å². The van der Waals surface area contributed by atoms with Crippen molar-refractivity contribution in [2.24, 2.45) is 0 Å². The number of ether oxygens (including phenoxy) is 1. The van der Waals surface area contributed by atoms with Crippen LogP contribution in [0.1, 0.15) is 38.3 Å². The Morgan fingerprint density at radius 2 is 1.71 bits per heavy atom. The molecule has 0 unspecified atom stereocenters. The van der Waals surface area contributed by atoms with E-state index in [-0.39, 0.29) is 0 Å². The molecule has 0 radical (unpaired) electrons. The molecule has 0 spiro atoms. The summed E-state index contributed by atoms with van der Waals surface area (Å²) in [6, 6.07) is 6.29. The molecule has 1 rings (SSSR count). The minimum Gasteiger partial charge on any atom is -0.496 e. The number of methoxy groups -OCH3 is 1. The number of hydrogen-bond acceptors (Lipinski definition) is 1. The van der Waals surface area contributed by atoms with Crippen LogP contribution in [-0.4, -0.2) is 7.11 Å². The predicted octanol–water partition coefficient (Wildman–Crippen LogP) is 3.98. The lowest BCUT2D eigenvalue weighted by atomic mass is 10.1. The van der Waals surface area contributed by atoms with E-state index < -0.39 is 0 Å². The third-order valence-corrected chi connectivity index (χ3v) is 1.87. The molecule has 0 aliphatic carbocycles. The van der Waals surface area contributed by atoms with Crippen molar-refractivity contribution in [2.45, 2.75) is 40.5 Å². The minimum absolute atomic E-state index is 0.974. The number of rotatable bonds is 2. The predicted molar refractivity (Wildman–Crippen MR) is 63.1 cm³/mol. The Balaban J connectivity index is 0.000000500. The largest absolute Gasteiger partial charge is 0.496 e. The van der Waals surface area contributed by atoms with Gasteiger partial charge in [-0.25, -0.2) is 0 Å². The Hall–Kier alpha value is -0.980. The van der Waals surface area contributed by atoms with E-state index in [1.54, 1.807) is 7.11 Å². The molecular formula is C13H22O. The molecule has 0 N–H and O–H groups in total. The smallest absolute Gasteiger partial charge is 0.121 e. The van der Waals surface area contributed by atoms with Gasteiger partial charge in [0.05, 0.1) is 7.11 Å². The van der Waals surface area contributed by atoms with Crippen molar-refractivity contribution >= 4 is 0 Å². The van der Waals surface area contributed by atoms with Gasteiger partial charge in [0.25, 0.3) is 0 Å². The topological polar surface area (TPSA) is 9.23 Å². The summed E-state index contributed by atoms with van der Waals surface area (Å²) in [6.45, 7) is 8.47. The van der Waals surface area contributed by atoms with Crippen LogP contribution in [0.5, 0.6) is 5.75 Å².